The Morgan fingerprint density at radius 1 is 1.35 bits per heavy atom. The lowest BCUT2D eigenvalue weighted by atomic mass is 10.1. The molecule has 20 heavy (non-hydrogen) atoms. The Labute approximate surface area is 120 Å². The molecule has 106 valence electrons. The number of hydrogen-bond donors (Lipinski definition) is 3. The number of nitrogens with zero attached hydrogens (tertiary/aromatic N) is 1. The molecule has 0 aliphatic heterocycles. The summed E-state index contributed by atoms with van der Waals surface area (Å²) in [6.07, 6.45) is 0.755. The average Bonchev–Trinajstić information content (AvgIpc) is 3.03. The molecule has 3 rings (SSSR count). The van der Waals surface area contributed by atoms with E-state index in [-0.39, 0.29) is 11.5 Å². The van der Waals surface area contributed by atoms with Crippen LogP contribution in [0, 0.1) is 6.92 Å². The standard InChI is InChI=1S/C12H12N4OS.C2H6/c1-6-8(4-7-2-3-18-5-7)9-10(14-6)11(17)16-12(13)15-9;1-2/h2-3,5,14H,4H2,1H3,(H3,13,15,16,17);1-2H3. The molecule has 3 aromatic heterocycles. The Morgan fingerprint density at radius 3 is 2.75 bits per heavy atom. The maximum absolute atomic E-state index is 11.8. The van der Waals surface area contributed by atoms with Crippen LogP contribution in [-0.2, 0) is 6.42 Å². The molecule has 0 amide bonds. The van der Waals surface area contributed by atoms with Crippen molar-refractivity contribution in [3.63, 3.8) is 0 Å². The Hall–Kier alpha value is -2.08. The molecule has 3 aromatic rings. The Bertz CT molecular complexity index is 755. The van der Waals surface area contributed by atoms with Crippen LogP contribution >= 0.6 is 11.3 Å². The summed E-state index contributed by atoms with van der Waals surface area (Å²) in [5, 5.41) is 4.13. The van der Waals surface area contributed by atoms with Gasteiger partial charge in [0.2, 0.25) is 5.95 Å². The van der Waals surface area contributed by atoms with Gasteiger partial charge in [-0.2, -0.15) is 11.3 Å². The van der Waals surface area contributed by atoms with E-state index in [0.29, 0.717) is 11.0 Å². The second-order valence-electron chi connectivity index (χ2n) is 4.21. The fraction of sp³-hybridized carbons (Fsp3) is 0.286. The molecule has 0 saturated heterocycles. The highest BCUT2D eigenvalue weighted by Crippen LogP contribution is 2.22. The van der Waals surface area contributed by atoms with Gasteiger partial charge >= 0.3 is 0 Å². The van der Waals surface area contributed by atoms with Crippen LogP contribution in [0.4, 0.5) is 5.95 Å². The number of aryl methyl sites for hydroxylation is 1. The van der Waals surface area contributed by atoms with Crippen molar-refractivity contribution in [1.82, 2.24) is 15.0 Å². The quantitative estimate of drug-likeness (QED) is 0.678. The van der Waals surface area contributed by atoms with Crippen molar-refractivity contribution >= 4 is 28.3 Å². The predicted molar refractivity (Wildman–Crippen MR) is 84.3 cm³/mol. The fourth-order valence-electron chi connectivity index (χ4n) is 2.08. The third kappa shape index (κ3) is 2.60. The second kappa shape index (κ2) is 5.92. The number of hydrogen-bond acceptors (Lipinski definition) is 4. The van der Waals surface area contributed by atoms with E-state index >= 15 is 0 Å². The van der Waals surface area contributed by atoms with Crippen LogP contribution in [0.5, 0.6) is 0 Å². The zero-order chi connectivity index (χ0) is 14.7. The molecular weight excluding hydrogens is 272 g/mol. The largest absolute Gasteiger partial charge is 0.369 e. The lowest BCUT2D eigenvalue weighted by Crippen LogP contribution is -2.11. The fourth-order valence-corrected chi connectivity index (χ4v) is 2.75. The second-order valence-corrected chi connectivity index (χ2v) is 4.99. The van der Waals surface area contributed by atoms with E-state index < -0.39 is 0 Å². The summed E-state index contributed by atoms with van der Waals surface area (Å²) >= 11 is 1.66. The van der Waals surface area contributed by atoms with Crippen LogP contribution in [0.2, 0.25) is 0 Å². The summed E-state index contributed by atoms with van der Waals surface area (Å²) in [5.41, 5.74) is 9.73. The normalized spacial score (nSPS) is 10.3. The highest BCUT2D eigenvalue weighted by Gasteiger charge is 2.13. The minimum Gasteiger partial charge on any atom is -0.369 e. The van der Waals surface area contributed by atoms with Crippen LogP contribution in [-0.4, -0.2) is 15.0 Å². The molecular formula is C14H18N4OS. The number of H-pyrrole nitrogens is 2. The molecule has 0 atom stereocenters. The van der Waals surface area contributed by atoms with E-state index in [1.54, 1.807) is 11.3 Å². The third-order valence-corrected chi connectivity index (χ3v) is 3.68. The first-order valence-electron chi connectivity index (χ1n) is 6.53. The van der Waals surface area contributed by atoms with Crippen molar-refractivity contribution in [1.29, 1.82) is 0 Å². The van der Waals surface area contributed by atoms with Crippen molar-refractivity contribution in [2.45, 2.75) is 27.2 Å². The first-order valence-corrected chi connectivity index (χ1v) is 7.47. The van der Waals surface area contributed by atoms with Crippen LogP contribution in [0.1, 0.15) is 30.7 Å². The van der Waals surface area contributed by atoms with Crippen LogP contribution in [0.25, 0.3) is 11.0 Å². The number of thiophene rings is 1. The maximum Gasteiger partial charge on any atom is 0.276 e. The zero-order valence-electron chi connectivity index (χ0n) is 11.8. The summed E-state index contributed by atoms with van der Waals surface area (Å²) in [6, 6.07) is 2.07. The van der Waals surface area contributed by atoms with Gasteiger partial charge in [-0.05, 0) is 29.3 Å². The number of nitrogens with two attached hydrogens (primary N) is 1. The van der Waals surface area contributed by atoms with E-state index in [1.165, 1.54) is 5.56 Å². The van der Waals surface area contributed by atoms with Gasteiger partial charge in [-0.1, -0.05) is 13.8 Å². The predicted octanol–water partition coefficient (Wildman–Crippen LogP) is 2.82. The van der Waals surface area contributed by atoms with E-state index in [1.807, 2.05) is 26.2 Å². The van der Waals surface area contributed by atoms with Crippen molar-refractivity contribution in [2.24, 2.45) is 0 Å². The van der Waals surface area contributed by atoms with Crippen LogP contribution in [0.15, 0.2) is 21.6 Å². The summed E-state index contributed by atoms with van der Waals surface area (Å²) in [6.45, 7) is 5.94. The molecule has 0 radical (unpaired) electrons. The number of nitrogens with one attached hydrogen (secondary N) is 2. The minimum atomic E-state index is -0.225. The lowest BCUT2D eigenvalue weighted by Gasteiger charge is -1.99. The van der Waals surface area contributed by atoms with Gasteiger partial charge in [-0.15, -0.1) is 0 Å². The van der Waals surface area contributed by atoms with Gasteiger partial charge in [0.15, 0.2) is 0 Å². The average molecular weight is 290 g/mol. The van der Waals surface area contributed by atoms with E-state index in [2.05, 4.69) is 26.4 Å². The van der Waals surface area contributed by atoms with Crippen molar-refractivity contribution in [3.8, 4) is 0 Å². The van der Waals surface area contributed by atoms with Gasteiger partial charge in [-0.3, -0.25) is 9.78 Å². The topological polar surface area (TPSA) is 87.6 Å². The Kier molecular flexibility index (Phi) is 4.24. The molecule has 0 saturated carbocycles. The first kappa shape index (κ1) is 14.3. The molecule has 0 spiro atoms. The lowest BCUT2D eigenvalue weighted by molar-refractivity contribution is 1.15. The van der Waals surface area contributed by atoms with Crippen molar-refractivity contribution in [3.05, 3.63) is 44.0 Å². The number of anilines is 1. The molecule has 0 aliphatic rings. The van der Waals surface area contributed by atoms with Gasteiger partial charge < -0.3 is 10.7 Å². The Balaban J connectivity index is 0.000000704. The molecule has 6 heteroatoms. The zero-order valence-corrected chi connectivity index (χ0v) is 12.6. The highest BCUT2D eigenvalue weighted by molar-refractivity contribution is 7.07. The number of fused-ring (bicyclic) bond motifs is 1. The molecule has 0 unspecified atom stereocenters. The van der Waals surface area contributed by atoms with Gasteiger partial charge in [0, 0.05) is 17.7 Å². The van der Waals surface area contributed by atoms with Crippen LogP contribution < -0.4 is 11.3 Å². The number of aromatic amines is 2. The number of nitrogen functional groups attached to an aromatic ring is 1. The molecule has 0 bridgehead atoms. The molecule has 5 nitrogen and oxygen atoms in total. The van der Waals surface area contributed by atoms with Gasteiger partial charge in [0.25, 0.3) is 5.56 Å². The SMILES string of the molecule is CC.Cc1[nH]c2c(=O)[nH]c(N)nc2c1Cc1ccsc1. The van der Waals surface area contributed by atoms with Gasteiger partial charge in [0.05, 0.1) is 0 Å². The summed E-state index contributed by atoms with van der Waals surface area (Å²) in [5.74, 6) is 0.151. The highest BCUT2D eigenvalue weighted by atomic mass is 32.1. The molecule has 3 heterocycles. The summed E-state index contributed by atoms with van der Waals surface area (Å²) in [4.78, 5) is 21.6. The molecule has 4 N–H and O–H groups in total. The maximum atomic E-state index is 11.8. The number of aromatic nitrogens is 3. The van der Waals surface area contributed by atoms with E-state index in [4.69, 9.17) is 5.73 Å². The summed E-state index contributed by atoms with van der Waals surface area (Å²) in [7, 11) is 0. The molecule has 0 fully saturated rings. The Morgan fingerprint density at radius 2 is 2.10 bits per heavy atom. The molecule has 0 aromatic carbocycles. The van der Waals surface area contributed by atoms with E-state index in [0.717, 1.165) is 17.7 Å². The van der Waals surface area contributed by atoms with Crippen molar-refractivity contribution in [2.75, 3.05) is 5.73 Å². The minimum absolute atomic E-state index is 0.151. The molecule has 0 aliphatic carbocycles. The smallest absolute Gasteiger partial charge is 0.276 e. The number of rotatable bonds is 2. The van der Waals surface area contributed by atoms with Gasteiger partial charge in [0.1, 0.15) is 11.0 Å². The van der Waals surface area contributed by atoms with E-state index in [9.17, 15) is 4.79 Å². The van der Waals surface area contributed by atoms with Crippen LogP contribution in [0.3, 0.4) is 0 Å². The monoisotopic (exact) mass is 290 g/mol. The summed E-state index contributed by atoms with van der Waals surface area (Å²) < 4.78 is 0. The van der Waals surface area contributed by atoms with Gasteiger partial charge in [-0.25, -0.2) is 4.98 Å². The first-order chi connectivity index (χ1) is 9.65. The third-order valence-electron chi connectivity index (χ3n) is 2.95. The van der Waals surface area contributed by atoms with Crippen molar-refractivity contribution < 1.29 is 0 Å².